The molecule has 23 heavy (non-hydrogen) atoms. The standard InChI is InChI=1S/C16H14ClF2NO3/c1-16(23,11-4-3-10(18)7-13(11)19)8-20-15(22)9-2-5-14(21)12(17)6-9/h2-7,21,23H,8H2,1H3,(H,20,22). The number of carbonyl (C=O) groups excluding carboxylic acids is 1. The Bertz CT molecular complexity index is 750. The summed E-state index contributed by atoms with van der Waals surface area (Å²) in [7, 11) is 0. The maximum absolute atomic E-state index is 13.7. The topological polar surface area (TPSA) is 69.6 Å². The molecule has 0 spiro atoms. The fourth-order valence-corrected chi connectivity index (χ4v) is 2.20. The van der Waals surface area contributed by atoms with E-state index < -0.39 is 23.1 Å². The van der Waals surface area contributed by atoms with Crippen LogP contribution in [0.5, 0.6) is 5.75 Å². The first-order valence-electron chi connectivity index (χ1n) is 6.65. The third-order valence-corrected chi connectivity index (χ3v) is 3.62. The van der Waals surface area contributed by atoms with E-state index in [-0.39, 0.29) is 28.4 Å². The normalized spacial score (nSPS) is 13.4. The van der Waals surface area contributed by atoms with E-state index >= 15 is 0 Å². The van der Waals surface area contributed by atoms with Gasteiger partial charge in [0.15, 0.2) is 0 Å². The van der Waals surface area contributed by atoms with Crippen LogP contribution in [0.4, 0.5) is 8.78 Å². The molecule has 0 fully saturated rings. The molecule has 122 valence electrons. The number of aromatic hydroxyl groups is 1. The van der Waals surface area contributed by atoms with Gasteiger partial charge in [0.2, 0.25) is 0 Å². The second-order valence-corrected chi connectivity index (χ2v) is 5.65. The molecule has 0 radical (unpaired) electrons. The van der Waals surface area contributed by atoms with Crippen molar-refractivity contribution in [2.75, 3.05) is 6.54 Å². The molecule has 0 aromatic heterocycles. The summed E-state index contributed by atoms with van der Waals surface area (Å²) in [5.74, 6) is -2.39. The summed E-state index contributed by atoms with van der Waals surface area (Å²) < 4.78 is 26.7. The minimum atomic E-state index is -1.73. The number of hydrogen-bond donors (Lipinski definition) is 3. The highest BCUT2D eigenvalue weighted by Crippen LogP contribution is 2.25. The van der Waals surface area contributed by atoms with Gasteiger partial charge < -0.3 is 15.5 Å². The van der Waals surface area contributed by atoms with Gasteiger partial charge in [-0.1, -0.05) is 17.7 Å². The summed E-state index contributed by atoms with van der Waals surface area (Å²) in [4.78, 5) is 12.0. The maximum Gasteiger partial charge on any atom is 0.251 e. The third kappa shape index (κ3) is 3.97. The predicted molar refractivity (Wildman–Crippen MR) is 81.4 cm³/mol. The molecule has 4 nitrogen and oxygen atoms in total. The second kappa shape index (κ2) is 6.52. The average molecular weight is 342 g/mol. The Morgan fingerprint density at radius 1 is 1.26 bits per heavy atom. The molecular formula is C16H14ClF2NO3. The van der Waals surface area contributed by atoms with Gasteiger partial charge in [0.1, 0.15) is 23.0 Å². The molecule has 2 aromatic rings. The van der Waals surface area contributed by atoms with Crippen molar-refractivity contribution in [3.8, 4) is 5.75 Å². The number of rotatable bonds is 4. The van der Waals surface area contributed by atoms with E-state index in [2.05, 4.69) is 5.32 Å². The minimum absolute atomic E-state index is 0.00832. The fourth-order valence-electron chi connectivity index (χ4n) is 2.02. The molecule has 1 amide bonds. The number of hydrogen-bond acceptors (Lipinski definition) is 3. The van der Waals surface area contributed by atoms with Gasteiger partial charge in [0.25, 0.3) is 5.91 Å². The number of carbonyl (C=O) groups is 1. The number of halogens is 3. The number of aliphatic hydroxyl groups is 1. The van der Waals surface area contributed by atoms with Gasteiger partial charge in [-0.3, -0.25) is 4.79 Å². The van der Waals surface area contributed by atoms with E-state index in [4.69, 9.17) is 11.6 Å². The summed E-state index contributed by atoms with van der Waals surface area (Å²) >= 11 is 5.71. The molecule has 2 aromatic carbocycles. The lowest BCUT2D eigenvalue weighted by atomic mass is 9.95. The van der Waals surface area contributed by atoms with Crippen molar-refractivity contribution in [3.05, 3.63) is 64.2 Å². The van der Waals surface area contributed by atoms with Crippen LogP contribution in [0.3, 0.4) is 0 Å². The molecular weight excluding hydrogens is 328 g/mol. The Hall–Kier alpha value is -2.18. The van der Waals surface area contributed by atoms with Gasteiger partial charge in [0, 0.05) is 17.2 Å². The first-order valence-corrected chi connectivity index (χ1v) is 7.03. The lowest BCUT2D eigenvalue weighted by Gasteiger charge is -2.24. The molecule has 0 saturated heterocycles. The van der Waals surface area contributed by atoms with Crippen molar-refractivity contribution in [2.24, 2.45) is 0 Å². The third-order valence-electron chi connectivity index (χ3n) is 3.31. The van der Waals surface area contributed by atoms with Crippen molar-refractivity contribution < 1.29 is 23.8 Å². The van der Waals surface area contributed by atoms with Gasteiger partial charge in [0.05, 0.1) is 11.6 Å². The van der Waals surface area contributed by atoms with Crippen LogP contribution < -0.4 is 5.32 Å². The Morgan fingerprint density at radius 2 is 1.96 bits per heavy atom. The molecule has 3 N–H and O–H groups in total. The fraction of sp³-hybridized carbons (Fsp3) is 0.188. The summed E-state index contributed by atoms with van der Waals surface area (Å²) in [6, 6.07) is 6.67. The molecule has 0 aliphatic heterocycles. The van der Waals surface area contributed by atoms with Crippen LogP contribution in [0.1, 0.15) is 22.8 Å². The molecule has 2 rings (SSSR count). The molecule has 0 heterocycles. The van der Waals surface area contributed by atoms with Gasteiger partial charge in [-0.05, 0) is 31.2 Å². The summed E-state index contributed by atoms with van der Waals surface area (Å²) in [5.41, 5.74) is -1.69. The minimum Gasteiger partial charge on any atom is -0.506 e. The van der Waals surface area contributed by atoms with Crippen molar-refractivity contribution in [1.29, 1.82) is 0 Å². The Balaban J connectivity index is 2.11. The molecule has 1 atom stereocenters. The quantitative estimate of drug-likeness (QED) is 0.800. The summed E-state index contributed by atoms with van der Waals surface area (Å²) in [5, 5.41) is 22.1. The van der Waals surface area contributed by atoms with E-state index in [0.717, 1.165) is 12.1 Å². The Morgan fingerprint density at radius 3 is 2.57 bits per heavy atom. The number of benzene rings is 2. The van der Waals surface area contributed by atoms with E-state index in [1.807, 2.05) is 0 Å². The van der Waals surface area contributed by atoms with Crippen LogP contribution in [-0.2, 0) is 5.60 Å². The van der Waals surface area contributed by atoms with E-state index in [1.54, 1.807) is 0 Å². The number of amides is 1. The zero-order chi connectivity index (χ0) is 17.2. The molecule has 0 saturated carbocycles. The van der Waals surface area contributed by atoms with E-state index in [9.17, 15) is 23.8 Å². The van der Waals surface area contributed by atoms with Crippen LogP contribution >= 0.6 is 11.6 Å². The van der Waals surface area contributed by atoms with Gasteiger partial charge in [-0.15, -0.1) is 0 Å². The van der Waals surface area contributed by atoms with Crippen molar-refractivity contribution >= 4 is 17.5 Å². The molecule has 7 heteroatoms. The monoisotopic (exact) mass is 341 g/mol. The largest absolute Gasteiger partial charge is 0.506 e. The summed E-state index contributed by atoms with van der Waals surface area (Å²) in [6.07, 6.45) is 0. The number of phenolic OH excluding ortho intramolecular Hbond substituents is 1. The van der Waals surface area contributed by atoms with Crippen molar-refractivity contribution in [1.82, 2.24) is 5.32 Å². The second-order valence-electron chi connectivity index (χ2n) is 5.25. The molecule has 0 aliphatic carbocycles. The first kappa shape index (κ1) is 17.2. The van der Waals surface area contributed by atoms with Gasteiger partial charge >= 0.3 is 0 Å². The lowest BCUT2D eigenvalue weighted by molar-refractivity contribution is 0.0494. The van der Waals surface area contributed by atoms with Crippen LogP contribution in [-0.4, -0.2) is 22.7 Å². The van der Waals surface area contributed by atoms with Crippen LogP contribution in [0.25, 0.3) is 0 Å². The maximum atomic E-state index is 13.7. The average Bonchev–Trinajstić information content (AvgIpc) is 2.47. The van der Waals surface area contributed by atoms with Gasteiger partial charge in [-0.2, -0.15) is 0 Å². The number of nitrogens with one attached hydrogen (secondary N) is 1. The summed E-state index contributed by atoms with van der Waals surface area (Å²) in [6.45, 7) is 1.00. The highest BCUT2D eigenvalue weighted by atomic mass is 35.5. The zero-order valence-electron chi connectivity index (χ0n) is 12.1. The van der Waals surface area contributed by atoms with Crippen molar-refractivity contribution in [3.63, 3.8) is 0 Å². The highest BCUT2D eigenvalue weighted by Gasteiger charge is 2.27. The lowest BCUT2D eigenvalue weighted by Crippen LogP contribution is -2.39. The Kier molecular flexibility index (Phi) is 4.87. The highest BCUT2D eigenvalue weighted by molar-refractivity contribution is 6.32. The number of phenols is 1. The smallest absolute Gasteiger partial charge is 0.251 e. The van der Waals surface area contributed by atoms with Crippen LogP contribution in [0.2, 0.25) is 5.02 Å². The first-order chi connectivity index (χ1) is 10.7. The van der Waals surface area contributed by atoms with Crippen molar-refractivity contribution in [2.45, 2.75) is 12.5 Å². The predicted octanol–water partition coefficient (Wildman–Crippen LogP) is 2.96. The van der Waals surface area contributed by atoms with E-state index in [0.29, 0.717) is 6.07 Å². The molecule has 1 unspecified atom stereocenters. The van der Waals surface area contributed by atoms with Crippen LogP contribution in [0, 0.1) is 11.6 Å². The van der Waals surface area contributed by atoms with E-state index in [1.165, 1.54) is 25.1 Å². The molecule has 0 bridgehead atoms. The molecule has 0 aliphatic rings. The van der Waals surface area contributed by atoms with Crippen LogP contribution in [0.15, 0.2) is 36.4 Å². The van der Waals surface area contributed by atoms with Gasteiger partial charge in [-0.25, -0.2) is 8.78 Å². The zero-order valence-corrected chi connectivity index (χ0v) is 12.9. The SMILES string of the molecule is CC(O)(CNC(=O)c1ccc(O)c(Cl)c1)c1ccc(F)cc1F. The Labute approximate surface area is 136 Å².